The van der Waals surface area contributed by atoms with E-state index in [0.717, 1.165) is 19.5 Å². The van der Waals surface area contributed by atoms with Gasteiger partial charge in [0.05, 0.1) is 11.7 Å². The fourth-order valence-electron chi connectivity index (χ4n) is 4.31. The van der Waals surface area contributed by atoms with Gasteiger partial charge in [-0.1, -0.05) is 6.92 Å². The number of pyridine rings is 1. The van der Waals surface area contributed by atoms with Crippen LogP contribution in [0.25, 0.3) is 16.8 Å². The number of aryl methyl sites for hydroxylation is 2. The standard InChI is InChI=1S/C23H26F2N8O2/c1-4-31-7-6-16(31)13-35-18-12-26-33(23(24)25)21(18)15-5-8-32-17(10-15)11-20(29-32)27-19-9-14(2)22(34)30(3)28-19/h5,8-12,16,23H,4,6-7,13H2,1-3H3,(H,27,28,29)/t16-/m1/s1. The topological polar surface area (TPSA) is 94.5 Å². The molecule has 5 rings (SSSR count). The highest BCUT2D eigenvalue weighted by molar-refractivity contribution is 5.73. The first-order valence-electron chi connectivity index (χ1n) is 11.4. The van der Waals surface area contributed by atoms with Gasteiger partial charge in [0.25, 0.3) is 5.56 Å². The Hall–Kier alpha value is -3.80. The molecule has 184 valence electrons. The number of hydrogen-bond donors (Lipinski definition) is 1. The van der Waals surface area contributed by atoms with Gasteiger partial charge < -0.3 is 10.1 Å². The highest BCUT2D eigenvalue weighted by Crippen LogP contribution is 2.34. The second-order valence-corrected chi connectivity index (χ2v) is 8.54. The van der Waals surface area contributed by atoms with E-state index in [4.69, 9.17) is 4.74 Å². The van der Waals surface area contributed by atoms with E-state index in [9.17, 15) is 13.6 Å². The van der Waals surface area contributed by atoms with E-state index in [-0.39, 0.29) is 17.3 Å². The van der Waals surface area contributed by atoms with E-state index >= 15 is 0 Å². The lowest BCUT2D eigenvalue weighted by molar-refractivity contribution is 0.0535. The van der Waals surface area contributed by atoms with Crippen molar-refractivity contribution in [3.8, 4) is 17.0 Å². The lowest BCUT2D eigenvalue weighted by Gasteiger charge is -2.39. The Morgan fingerprint density at radius 2 is 2.03 bits per heavy atom. The third kappa shape index (κ3) is 4.36. The fourth-order valence-corrected chi connectivity index (χ4v) is 4.31. The summed E-state index contributed by atoms with van der Waals surface area (Å²) >= 11 is 0. The van der Waals surface area contributed by atoms with Gasteiger partial charge in [0.15, 0.2) is 17.4 Å². The van der Waals surface area contributed by atoms with Crippen LogP contribution in [-0.4, -0.2) is 59.8 Å². The molecule has 1 atom stereocenters. The number of nitrogens with zero attached hydrogens (tertiary/aromatic N) is 7. The average molecular weight is 485 g/mol. The summed E-state index contributed by atoms with van der Waals surface area (Å²) in [5, 5.41) is 15.6. The van der Waals surface area contributed by atoms with Crippen LogP contribution in [0.5, 0.6) is 5.75 Å². The number of nitrogens with one attached hydrogen (secondary N) is 1. The molecule has 4 aromatic rings. The molecule has 1 aliphatic heterocycles. The molecule has 4 aromatic heterocycles. The average Bonchev–Trinajstić information content (AvgIpc) is 3.40. The molecule has 1 fully saturated rings. The summed E-state index contributed by atoms with van der Waals surface area (Å²) in [4.78, 5) is 14.2. The van der Waals surface area contributed by atoms with Crippen molar-refractivity contribution in [3.05, 3.63) is 52.6 Å². The summed E-state index contributed by atoms with van der Waals surface area (Å²) in [6.45, 7) is 3.37. The molecule has 0 spiro atoms. The molecule has 0 bridgehead atoms. The molecule has 12 heteroatoms. The van der Waals surface area contributed by atoms with Crippen LogP contribution in [0.1, 0.15) is 25.5 Å². The van der Waals surface area contributed by atoms with Crippen molar-refractivity contribution in [2.75, 3.05) is 25.0 Å². The third-order valence-electron chi connectivity index (χ3n) is 6.29. The molecular formula is C23H26F2N8O2. The number of rotatable bonds is 8. The number of likely N-dealkylation sites (tertiary alicyclic amines) is 1. The fraction of sp³-hybridized carbons (Fsp3) is 0.391. The first kappa shape index (κ1) is 23.0. The van der Waals surface area contributed by atoms with Crippen LogP contribution in [0.3, 0.4) is 0 Å². The van der Waals surface area contributed by atoms with E-state index in [1.807, 2.05) is 0 Å². The van der Waals surface area contributed by atoms with Crippen molar-refractivity contribution in [1.29, 1.82) is 0 Å². The van der Waals surface area contributed by atoms with Gasteiger partial charge in [0, 0.05) is 43.0 Å². The highest BCUT2D eigenvalue weighted by Gasteiger charge is 2.28. The number of hydrogen-bond acceptors (Lipinski definition) is 7. The monoisotopic (exact) mass is 484 g/mol. The summed E-state index contributed by atoms with van der Waals surface area (Å²) in [6.07, 6.45) is 4.05. The SMILES string of the molecule is CCN1CC[C@@H]1COc1cnn(C(F)F)c1-c1ccn2nc(Nc3cc(C)c(=O)n(C)n3)cc2c1. The first-order chi connectivity index (χ1) is 16.8. The quantitative estimate of drug-likeness (QED) is 0.410. The van der Waals surface area contributed by atoms with Crippen LogP contribution in [0.2, 0.25) is 0 Å². The van der Waals surface area contributed by atoms with Crippen LogP contribution >= 0.6 is 0 Å². The number of anilines is 2. The number of likely N-dealkylation sites (N-methyl/N-ethyl adjacent to an activating group) is 1. The van der Waals surface area contributed by atoms with Gasteiger partial charge in [-0.3, -0.25) is 9.69 Å². The number of aromatic nitrogens is 6. The van der Waals surface area contributed by atoms with E-state index in [2.05, 4.69) is 32.4 Å². The Labute approximate surface area is 199 Å². The molecular weight excluding hydrogens is 458 g/mol. The Bertz CT molecular complexity index is 1400. The molecule has 1 aliphatic rings. The Balaban J connectivity index is 1.44. The van der Waals surface area contributed by atoms with Gasteiger partial charge in [0.2, 0.25) is 0 Å². The maximum absolute atomic E-state index is 13.8. The van der Waals surface area contributed by atoms with Crippen molar-refractivity contribution in [1.82, 2.24) is 34.1 Å². The molecule has 0 radical (unpaired) electrons. The van der Waals surface area contributed by atoms with E-state index < -0.39 is 6.55 Å². The lowest BCUT2D eigenvalue weighted by Crippen LogP contribution is -2.50. The summed E-state index contributed by atoms with van der Waals surface area (Å²) in [5.41, 5.74) is 1.80. The van der Waals surface area contributed by atoms with Crippen molar-refractivity contribution in [3.63, 3.8) is 0 Å². The van der Waals surface area contributed by atoms with E-state index in [1.165, 1.54) is 10.9 Å². The number of alkyl halides is 2. The highest BCUT2D eigenvalue weighted by atomic mass is 19.3. The molecule has 1 N–H and O–H groups in total. The third-order valence-corrected chi connectivity index (χ3v) is 6.29. The summed E-state index contributed by atoms with van der Waals surface area (Å²) in [6, 6.07) is 7.14. The number of ether oxygens (including phenoxy) is 1. The largest absolute Gasteiger partial charge is 0.488 e. The minimum atomic E-state index is -2.81. The lowest BCUT2D eigenvalue weighted by atomic mass is 10.0. The van der Waals surface area contributed by atoms with E-state index in [1.54, 1.807) is 48.9 Å². The second-order valence-electron chi connectivity index (χ2n) is 8.54. The summed E-state index contributed by atoms with van der Waals surface area (Å²) in [7, 11) is 1.58. The maximum Gasteiger partial charge on any atom is 0.333 e. The van der Waals surface area contributed by atoms with Crippen molar-refractivity contribution in [2.24, 2.45) is 7.05 Å². The van der Waals surface area contributed by atoms with Crippen molar-refractivity contribution in [2.45, 2.75) is 32.9 Å². The first-order valence-corrected chi connectivity index (χ1v) is 11.4. The number of halogens is 2. The van der Waals surface area contributed by atoms with Crippen molar-refractivity contribution >= 4 is 17.2 Å². The van der Waals surface area contributed by atoms with Gasteiger partial charge in [-0.2, -0.15) is 28.8 Å². The van der Waals surface area contributed by atoms with Gasteiger partial charge >= 0.3 is 6.55 Å². The van der Waals surface area contributed by atoms with E-state index in [0.29, 0.717) is 45.3 Å². The summed E-state index contributed by atoms with van der Waals surface area (Å²) < 4.78 is 37.0. The zero-order chi connectivity index (χ0) is 24.7. The molecule has 0 aromatic carbocycles. The van der Waals surface area contributed by atoms with Gasteiger partial charge in [-0.25, -0.2) is 9.20 Å². The van der Waals surface area contributed by atoms with Crippen LogP contribution in [0.15, 0.2) is 41.5 Å². The zero-order valence-corrected chi connectivity index (χ0v) is 19.7. The molecule has 1 saturated heterocycles. The Kier molecular flexibility index (Phi) is 5.97. The van der Waals surface area contributed by atoms with Crippen LogP contribution in [-0.2, 0) is 7.05 Å². The number of fused-ring (bicyclic) bond motifs is 1. The van der Waals surface area contributed by atoms with Gasteiger partial charge in [0.1, 0.15) is 12.3 Å². The van der Waals surface area contributed by atoms with Gasteiger partial charge in [-0.15, -0.1) is 0 Å². The molecule has 0 unspecified atom stereocenters. The normalized spacial score (nSPS) is 16.1. The Morgan fingerprint density at radius 3 is 2.71 bits per heavy atom. The minimum absolute atomic E-state index is 0.177. The molecule has 10 nitrogen and oxygen atoms in total. The molecule has 0 saturated carbocycles. The predicted octanol–water partition coefficient (Wildman–Crippen LogP) is 3.21. The molecule has 5 heterocycles. The Morgan fingerprint density at radius 1 is 1.23 bits per heavy atom. The van der Waals surface area contributed by atoms with Crippen LogP contribution in [0.4, 0.5) is 20.4 Å². The maximum atomic E-state index is 13.8. The van der Waals surface area contributed by atoms with Crippen molar-refractivity contribution < 1.29 is 13.5 Å². The van der Waals surface area contributed by atoms with Crippen LogP contribution in [0, 0.1) is 6.92 Å². The summed E-state index contributed by atoms with van der Waals surface area (Å²) in [5.74, 6) is 1.29. The minimum Gasteiger partial charge on any atom is -0.488 e. The molecule has 0 amide bonds. The smallest absolute Gasteiger partial charge is 0.333 e. The molecule has 35 heavy (non-hydrogen) atoms. The second kappa shape index (κ2) is 9.10. The molecule has 0 aliphatic carbocycles. The predicted molar refractivity (Wildman–Crippen MR) is 126 cm³/mol. The zero-order valence-electron chi connectivity index (χ0n) is 19.7. The van der Waals surface area contributed by atoms with Gasteiger partial charge in [-0.05, 0) is 38.1 Å². The van der Waals surface area contributed by atoms with Crippen LogP contribution < -0.4 is 15.6 Å².